The van der Waals surface area contributed by atoms with E-state index in [1.54, 1.807) is 7.11 Å². The molecule has 0 aromatic heterocycles. The molecule has 0 rings (SSSR count). The summed E-state index contributed by atoms with van der Waals surface area (Å²) in [7, 11) is 1.79. The summed E-state index contributed by atoms with van der Waals surface area (Å²) in [5.74, 6) is 0. The van der Waals surface area contributed by atoms with Gasteiger partial charge in [-0.15, -0.1) is 0 Å². The molecule has 0 bridgehead atoms. The van der Waals surface area contributed by atoms with E-state index < -0.39 is 0 Å². The Morgan fingerprint density at radius 2 is 1.47 bits per heavy atom. The molecule has 0 aliphatic rings. The molecule has 0 aliphatic carbocycles. The second-order valence-electron chi connectivity index (χ2n) is 4.97. The third-order valence-corrected chi connectivity index (χ3v) is 3.27. The summed E-state index contributed by atoms with van der Waals surface area (Å²) >= 11 is 0. The lowest BCUT2D eigenvalue weighted by Crippen LogP contribution is -2.32. The Bertz CT molecular complexity index is 133. The number of methoxy groups -OCH3 is 1. The first-order valence-corrected chi connectivity index (χ1v) is 7.57. The molecular formula is C15H33NO. The van der Waals surface area contributed by atoms with E-state index >= 15 is 0 Å². The third-order valence-electron chi connectivity index (χ3n) is 3.27. The first kappa shape index (κ1) is 16.9. The summed E-state index contributed by atoms with van der Waals surface area (Å²) < 4.78 is 5.22. The van der Waals surface area contributed by atoms with Crippen molar-refractivity contribution in [2.45, 2.75) is 77.7 Å². The van der Waals surface area contributed by atoms with Crippen molar-refractivity contribution in [3.63, 3.8) is 0 Å². The van der Waals surface area contributed by atoms with E-state index in [-0.39, 0.29) is 0 Å². The molecule has 0 fully saturated rings. The summed E-state index contributed by atoms with van der Waals surface area (Å²) in [6, 6.07) is 0.560. The number of unbranched alkanes of at least 4 members (excludes halogenated alkanes) is 7. The van der Waals surface area contributed by atoms with Crippen LogP contribution < -0.4 is 5.32 Å². The third kappa shape index (κ3) is 12.2. The van der Waals surface area contributed by atoms with E-state index in [9.17, 15) is 0 Å². The summed E-state index contributed by atoms with van der Waals surface area (Å²) in [6.45, 7) is 6.34. The molecule has 2 heteroatoms. The van der Waals surface area contributed by atoms with Gasteiger partial charge in [0.1, 0.15) is 0 Å². The smallest absolute Gasteiger partial charge is 0.0615 e. The molecule has 104 valence electrons. The van der Waals surface area contributed by atoms with Gasteiger partial charge in [-0.2, -0.15) is 0 Å². The average Bonchev–Trinajstić information content (AvgIpc) is 2.33. The predicted molar refractivity (Wildman–Crippen MR) is 76.6 cm³/mol. The predicted octanol–water partition coefficient (Wildman–Crippen LogP) is 4.14. The molecule has 1 N–H and O–H groups in total. The normalized spacial score (nSPS) is 12.9. The zero-order valence-corrected chi connectivity index (χ0v) is 12.3. The maximum Gasteiger partial charge on any atom is 0.0615 e. The van der Waals surface area contributed by atoms with Crippen LogP contribution in [0.1, 0.15) is 71.6 Å². The van der Waals surface area contributed by atoms with Gasteiger partial charge in [-0.3, -0.25) is 0 Å². The van der Waals surface area contributed by atoms with Crippen molar-refractivity contribution in [3.8, 4) is 0 Å². The zero-order valence-electron chi connectivity index (χ0n) is 12.3. The van der Waals surface area contributed by atoms with Crippen LogP contribution in [0.5, 0.6) is 0 Å². The summed E-state index contributed by atoms with van der Waals surface area (Å²) in [6.07, 6.45) is 12.5. The van der Waals surface area contributed by atoms with E-state index in [4.69, 9.17) is 4.74 Å². The van der Waals surface area contributed by atoms with Crippen LogP contribution in [0, 0.1) is 0 Å². The van der Waals surface area contributed by atoms with Gasteiger partial charge in [-0.05, 0) is 13.0 Å². The Hall–Kier alpha value is -0.0800. The molecule has 0 radical (unpaired) electrons. The Morgan fingerprint density at radius 3 is 2.00 bits per heavy atom. The maximum atomic E-state index is 5.22. The van der Waals surface area contributed by atoms with Crippen LogP contribution in [0.15, 0.2) is 0 Å². The molecule has 0 aliphatic heterocycles. The second kappa shape index (κ2) is 14.0. The molecule has 17 heavy (non-hydrogen) atoms. The van der Waals surface area contributed by atoms with Crippen molar-refractivity contribution in [2.75, 3.05) is 20.3 Å². The van der Waals surface area contributed by atoms with Gasteiger partial charge < -0.3 is 10.1 Å². The standard InChI is InChI=1S/C15H33NO/c1-4-6-7-8-9-10-11-12-13-15(14-17-3)16-5-2/h15-16H,4-14H2,1-3H3. The van der Waals surface area contributed by atoms with Gasteiger partial charge in [0.2, 0.25) is 0 Å². The van der Waals surface area contributed by atoms with Crippen LogP contribution in [-0.2, 0) is 4.74 Å². The van der Waals surface area contributed by atoms with E-state index in [1.165, 1.54) is 57.8 Å². The van der Waals surface area contributed by atoms with Crippen molar-refractivity contribution in [1.29, 1.82) is 0 Å². The first-order valence-electron chi connectivity index (χ1n) is 7.57. The molecule has 0 saturated heterocycles. The highest BCUT2D eigenvalue weighted by atomic mass is 16.5. The fourth-order valence-corrected chi connectivity index (χ4v) is 2.26. The van der Waals surface area contributed by atoms with Gasteiger partial charge in [0.25, 0.3) is 0 Å². The van der Waals surface area contributed by atoms with Crippen LogP contribution in [0.2, 0.25) is 0 Å². The fourth-order valence-electron chi connectivity index (χ4n) is 2.26. The van der Waals surface area contributed by atoms with Crippen molar-refractivity contribution in [3.05, 3.63) is 0 Å². The average molecular weight is 243 g/mol. The zero-order chi connectivity index (χ0) is 12.8. The number of hydrogen-bond donors (Lipinski definition) is 1. The van der Waals surface area contributed by atoms with Crippen molar-refractivity contribution in [1.82, 2.24) is 5.32 Å². The molecule has 1 unspecified atom stereocenters. The van der Waals surface area contributed by atoms with Gasteiger partial charge in [0.15, 0.2) is 0 Å². The van der Waals surface area contributed by atoms with E-state index in [1.807, 2.05) is 0 Å². The summed E-state index contributed by atoms with van der Waals surface area (Å²) in [5, 5.41) is 3.48. The molecule has 0 heterocycles. The van der Waals surface area contributed by atoms with Gasteiger partial charge in [0, 0.05) is 13.2 Å². The van der Waals surface area contributed by atoms with Crippen molar-refractivity contribution in [2.24, 2.45) is 0 Å². The largest absolute Gasteiger partial charge is 0.383 e. The van der Waals surface area contributed by atoms with Crippen LogP contribution in [-0.4, -0.2) is 26.3 Å². The monoisotopic (exact) mass is 243 g/mol. The maximum absolute atomic E-state index is 5.22. The number of hydrogen-bond acceptors (Lipinski definition) is 2. The van der Waals surface area contributed by atoms with E-state index in [2.05, 4.69) is 19.2 Å². The van der Waals surface area contributed by atoms with E-state index in [0.29, 0.717) is 6.04 Å². The minimum atomic E-state index is 0.560. The van der Waals surface area contributed by atoms with Gasteiger partial charge in [-0.1, -0.05) is 65.2 Å². The molecule has 0 spiro atoms. The highest BCUT2D eigenvalue weighted by Gasteiger charge is 2.05. The highest BCUT2D eigenvalue weighted by molar-refractivity contribution is 4.64. The topological polar surface area (TPSA) is 21.3 Å². The minimum absolute atomic E-state index is 0.560. The molecule has 0 aromatic rings. The van der Waals surface area contributed by atoms with Gasteiger partial charge >= 0.3 is 0 Å². The van der Waals surface area contributed by atoms with Gasteiger partial charge in [-0.25, -0.2) is 0 Å². The second-order valence-corrected chi connectivity index (χ2v) is 4.97. The SMILES string of the molecule is CCCCCCCCCCC(COC)NCC. The number of ether oxygens (including phenoxy) is 1. The lowest BCUT2D eigenvalue weighted by atomic mass is 10.0. The van der Waals surface area contributed by atoms with Crippen LogP contribution in [0.3, 0.4) is 0 Å². The fraction of sp³-hybridized carbons (Fsp3) is 1.00. The Kier molecular flexibility index (Phi) is 13.9. The minimum Gasteiger partial charge on any atom is -0.383 e. The molecule has 0 saturated carbocycles. The van der Waals surface area contributed by atoms with Crippen LogP contribution >= 0.6 is 0 Å². The number of rotatable bonds is 13. The van der Waals surface area contributed by atoms with Crippen molar-refractivity contribution >= 4 is 0 Å². The molecule has 1 atom stereocenters. The summed E-state index contributed by atoms with van der Waals surface area (Å²) in [5.41, 5.74) is 0. The summed E-state index contributed by atoms with van der Waals surface area (Å²) in [4.78, 5) is 0. The Balaban J connectivity index is 3.23. The number of nitrogens with one attached hydrogen (secondary N) is 1. The van der Waals surface area contributed by atoms with Crippen LogP contribution in [0.25, 0.3) is 0 Å². The van der Waals surface area contributed by atoms with Crippen LogP contribution in [0.4, 0.5) is 0 Å². The van der Waals surface area contributed by atoms with E-state index in [0.717, 1.165) is 13.2 Å². The molecule has 0 amide bonds. The quantitative estimate of drug-likeness (QED) is 0.491. The van der Waals surface area contributed by atoms with Crippen molar-refractivity contribution < 1.29 is 4.74 Å². The Labute approximate surface area is 109 Å². The molecule has 2 nitrogen and oxygen atoms in total. The van der Waals surface area contributed by atoms with Gasteiger partial charge in [0.05, 0.1) is 6.61 Å². The Morgan fingerprint density at radius 1 is 0.882 bits per heavy atom. The number of likely N-dealkylation sites (N-methyl/N-ethyl adjacent to an activating group) is 1. The lowest BCUT2D eigenvalue weighted by Gasteiger charge is -2.16. The highest BCUT2D eigenvalue weighted by Crippen LogP contribution is 2.10. The molecular weight excluding hydrogens is 210 g/mol. The first-order chi connectivity index (χ1) is 8.35. The molecule has 0 aromatic carbocycles. The lowest BCUT2D eigenvalue weighted by molar-refractivity contribution is 0.162.